The Labute approximate surface area is 284 Å². The predicted molar refractivity (Wildman–Crippen MR) is 192 cm³/mol. The molecule has 0 aliphatic rings. The van der Waals surface area contributed by atoms with Gasteiger partial charge in [0.1, 0.15) is 16.5 Å². The number of methoxy groups -OCH3 is 2. The zero-order valence-corrected chi connectivity index (χ0v) is 28.9. The fourth-order valence-corrected chi connectivity index (χ4v) is 6.57. The van der Waals surface area contributed by atoms with E-state index in [4.69, 9.17) is 23.9 Å². The fraction of sp³-hybridized carbons (Fsp3) is 0.256. The molecule has 0 unspecified atom stereocenters. The number of carbonyl (C=O) groups is 1. The Balaban J connectivity index is 1.09. The van der Waals surface area contributed by atoms with E-state index in [9.17, 15) is 4.79 Å². The fourth-order valence-electron chi connectivity index (χ4n) is 5.61. The maximum atomic E-state index is 12.7. The average molecular weight is 662 g/mol. The summed E-state index contributed by atoms with van der Waals surface area (Å²) in [5.74, 6) is 2.68. The number of thiazole rings is 1. The lowest BCUT2D eigenvalue weighted by Crippen LogP contribution is -2.09. The van der Waals surface area contributed by atoms with Gasteiger partial charge >= 0.3 is 0 Å². The third kappa shape index (κ3) is 6.92. The van der Waals surface area contributed by atoms with Crippen LogP contribution in [0.15, 0.2) is 78.9 Å². The van der Waals surface area contributed by atoms with E-state index in [0.29, 0.717) is 36.1 Å². The maximum absolute atomic E-state index is 12.7. The van der Waals surface area contributed by atoms with E-state index in [1.807, 2.05) is 68.4 Å². The lowest BCUT2D eigenvalue weighted by molar-refractivity contribution is 0.0923. The molecular weight excluding hydrogens is 623 g/mol. The quantitative estimate of drug-likeness (QED) is 0.121. The molecule has 8 nitrogen and oxygen atoms in total. The highest BCUT2D eigenvalue weighted by atomic mass is 32.1. The molecule has 0 bridgehead atoms. The van der Waals surface area contributed by atoms with Crippen LogP contribution in [0.1, 0.15) is 41.3 Å². The Morgan fingerprint density at radius 2 is 1.40 bits per heavy atom. The summed E-state index contributed by atoms with van der Waals surface area (Å²) in [5.41, 5.74) is 8.37. The molecule has 0 amide bonds. The van der Waals surface area contributed by atoms with E-state index < -0.39 is 0 Å². The lowest BCUT2D eigenvalue weighted by Gasteiger charge is -2.13. The van der Waals surface area contributed by atoms with Crippen molar-refractivity contribution in [1.29, 1.82) is 0 Å². The number of para-hydroxylation sites is 1. The van der Waals surface area contributed by atoms with Crippen LogP contribution in [0, 0.1) is 20.8 Å². The summed E-state index contributed by atoms with van der Waals surface area (Å²) in [6.07, 6.45) is 1.61. The molecule has 0 saturated heterocycles. The van der Waals surface area contributed by atoms with Crippen LogP contribution in [-0.2, 0) is 0 Å². The van der Waals surface area contributed by atoms with Gasteiger partial charge in [-0.1, -0.05) is 12.1 Å². The molecule has 6 aromatic rings. The standard InChI is InChI=1S/C39H39N3O5S/c1-24-19-30(22-36(45-6)26(24)3)32-23-33(42(41-32)27(4)43)28-13-16-35(44-5)37(21-28)47-18-10-9-17-46-34-15-14-29(20-25(34)2)39-40-31-11-7-8-12-38(31)48-39/h7-8,11-16,19-23H,9-10,17-18H2,1-6H3. The van der Waals surface area contributed by atoms with Gasteiger partial charge in [-0.2, -0.15) is 9.78 Å². The van der Waals surface area contributed by atoms with Crippen molar-refractivity contribution in [3.8, 4) is 56.1 Å². The molecule has 9 heteroatoms. The molecule has 0 fully saturated rings. The third-order valence-electron chi connectivity index (χ3n) is 8.37. The van der Waals surface area contributed by atoms with Crippen molar-refractivity contribution >= 4 is 27.5 Å². The Morgan fingerprint density at radius 1 is 0.729 bits per heavy atom. The van der Waals surface area contributed by atoms with Gasteiger partial charge in [0.15, 0.2) is 11.5 Å². The van der Waals surface area contributed by atoms with Gasteiger partial charge in [0.2, 0.25) is 5.91 Å². The largest absolute Gasteiger partial charge is 0.496 e. The summed E-state index contributed by atoms with van der Waals surface area (Å²) >= 11 is 1.70. The van der Waals surface area contributed by atoms with Crippen LogP contribution < -0.4 is 18.9 Å². The monoisotopic (exact) mass is 661 g/mol. The van der Waals surface area contributed by atoms with Crippen LogP contribution in [0.2, 0.25) is 0 Å². The van der Waals surface area contributed by atoms with Crippen LogP contribution in [0.5, 0.6) is 23.0 Å². The highest BCUT2D eigenvalue weighted by Gasteiger charge is 2.18. The number of ether oxygens (including phenoxy) is 4. The van der Waals surface area contributed by atoms with E-state index in [1.165, 1.54) is 16.3 Å². The third-order valence-corrected chi connectivity index (χ3v) is 9.46. The normalized spacial score (nSPS) is 11.1. The van der Waals surface area contributed by atoms with Gasteiger partial charge in [0, 0.05) is 23.6 Å². The molecular formula is C39H39N3O5S. The zero-order chi connectivity index (χ0) is 33.8. The molecule has 48 heavy (non-hydrogen) atoms. The second-order valence-electron chi connectivity index (χ2n) is 11.7. The molecule has 0 aliphatic carbocycles. The molecule has 0 spiro atoms. The van der Waals surface area contributed by atoms with Gasteiger partial charge in [-0.25, -0.2) is 4.98 Å². The molecule has 246 valence electrons. The molecule has 0 N–H and O–H groups in total. The SMILES string of the molecule is COc1ccc(-c2cc(-c3cc(C)c(C)c(OC)c3)nn2C(C)=O)cc1OCCCCOc1ccc(-c2nc3ccccc3s2)cc1C. The molecule has 0 atom stereocenters. The van der Waals surface area contributed by atoms with Crippen LogP contribution in [0.25, 0.3) is 43.3 Å². The van der Waals surface area contributed by atoms with E-state index in [0.717, 1.165) is 68.2 Å². The Bertz CT molecular complexity index is 2060. The van der Waals surface area contributed by atoms with Gasteiger partial charge in [-0.05, 0) is 117 Å². The van der Waals surface area contributed by atoms with Crippen molar-refractivity contribution in [3.63, 3.8) is 0 Å². The number of aryl methyl sites for hydroxylation is 2. The smallest absolute Gasteiger partial charge is 0.244 e. The number of aromatic nitrogens is 3. The van der Waals surface area contributed by atoms with Crippen molar-refractivity contribution in [2.45, 2.75) is 40.5 Å². The summed E-state index contributed by atoms with van der Waals surface area (Å²) < 4.78 is 26.1. The van der Waals surface area contributed by atoms with Gasteiger partial charge in [0.25, 0.3) is 0 Å². The number of fused-ring (bicyclic) bond motifs is 1. The average Bonchev–Trinajstić information content (AvgIpc) is 3.74. The highest BCUT2D eigenvalue weighted by Crippen LogP contribution is 2.36. The topological polar surface area (TPSA) is 84.7 Å². The summed E-state index contributed by atoms with van der Waals surface area (Å²) in [5, 5.41) is 5.66. The summed E-state index contributed by atoms with van der Waals surface area (Å²) in [7, 11) is 3.27. The summed E-state index contributed by atoms with van der Waals surface area (Å²) in [6, 6.07) is 26.0. The first-order valence-electron chi connectivity index (χ1n) is 15.9. The first kappa shape index (κ1) is 32.8. The summed E-state index contributed by atoms with van der Waals surface area (Å²) in [6.45, 7) is 8.68. The Morgan fingerprint density at radius 3 is 2.10 bits per heavy atom. The van der Waals surface area contributed by atoms with Crippen molar-refractivity contribution in [2.75, 3.05) is 27.4 Å². The minimum absolute atomic E-state index is 0.188. The van der Waals surface area contributed by atoms with Crippen molar-refractivity contribution in [3.05, 3.63) is 95.6 Å². The highest BCUT2D eigenvalue weighted by molar-refractivity contribution is 7.21. The van der Waals surface area contributed by atoms with E-state index >= 15 is 0 Å². The molecule has 0 radical (unpaired) electrons. The van der Waals surface area contributed by atoms with Crippen molar-refractivity contribution in [1.82, 2.24) is 14.8 Å². The number of carbonyl (C=O) groups excluding carboxylic acids is 1. The Hall–Kier alpha value is -5.15. The van der Waals surface area contributed by atoms with Gasteiger partial charge < -0.3 is 18.9 Å². The van der Waals surface area contributed by atoms with Gasteiger partial charge in [-0.3, -0.25) is 4.79 Å². The second kappa shape index (κ2) is 14.3. The minimum Gasteiger partial charge on any atom is -0.496 e. The van der Waals surface area contributed by atoms with Crippen molar-refractivity contribution in [2.24, 2.45) is 0 Å². The number of hydrogen-bond donors (Lipinski definition) is 0. The molecule has 6 rings (SSSR count). The van der Waals surface area contributed by atoms with Crippen LogP contribution in [0.4, 0.5) is 0 Å². The van der Waals surface area contributed by atoms with Crippen LogP contribution in [0.3, 0.4) is 0 Å². The van der Waals surface area contributed by atoms with E-state index in [2.05, 4.69) is 36.3 Å². The maximum Gasteiger partial charge on any atom is 0.244 e. The van der Waals surface area contributed by atoms with Crippen LogP contribution >= 0.6 is 11.3 Å². The lowest BCUT2D eigenvalue weighted by atomic mass is 10.0. The molecule has 2 heterocycles. The van der Waals surface area contributed by atoms with E-state index in [-0.39, 0.29) is 5.91 Å². The number of nitrogens with zero attached hydrogens (tertiary/aromatic N) is 3. The van der Waals surface area contributed by atoms with Crippen molar-refractivity contribution < 1.29 is 23.7 Å². The first-order chi connectivity index (χ1) is 23.2. The number of benzene rings is 4. The zero-order valence-electron chi connectivity index (χ0n) is 28.1. The van der Waals surface area contributed by atoms with Gasteiger partial charge in [-0.15, -0.1) is 11.3 Å². The summed E-state index contributed by atoms with van der Waals surface area (Å²) in [4.78, 5) is 17.4. The molecule has 2 aromatic heterocycles. The van der Waals surface area contributed by atoms with Crippen LogP contribution in [-0.4, -0.2) is 48.1 Å². The predicted octanol–water partition coefficient (Wildman–Crippen LogP) is 9.33. The molecule has 0 saturated carbocycles. The number of unbranched alkanes of at least 4 members (excludes halogenated alkanes) is 1. The van der Waals surface area contributed by atoms with E-state index in [1.54, 1.807) is 25.6 Å². The minimum atomic E-state index is -0.188. The molecule has 4 aromatic carbocycles. The Kier molecular flexibility index (Phi) is 9.77. The molecule has 0 aliphatic heterocycles. The number of rotatable bonds is 12. The first-order valence-corrected chi connectivity index (χ1v) is 16.7. The number of hydrogen-bond acceptors (Lipinski definition) is 8. The second-order valence-corrected chi connectivity index (χ2v) is 12.7. The van der Waals surface area contributed by atoms with Gasteiger partial charge in [0.05, 0.1) is 49.0 Å².